The molecule has 8 heteroatoms. The number of carbonyl (C=O) groups excluding carboxylic acids is 3. The summed E-state index contributed by atoms with van der Waals surface area (Å²) in [6.07, 6.45) is 1.22. The molecule has 1 amide bonds. The highest BCUT2D eigenvalue weighted by molar-refractivity contribution is 6.03. The third-order valence-electron chi connectivity index (χ3n) is 2.80. The molecule has 1 rings (SSSR count). The molecule has 0 saturated heterocycles. The first-order valence-corrected chi connectivity index (χ1v) is 8.04. The largest absolute Gasteiger partial charge is 0.460 e. The lowest BCUT2D eigenvalue weighted by atomic mass is 9.99. The van der Waals surface area contributed by atoms with Crippen LogP contribution in [-0.4, -0.2) is 46.1 Å². The molecule has 0 saturated carbocycles. The zero-order valence-corrected chi connectivity index (χ0v) is 15.9. The number of ether oxygens (including phenoxy) is 2. The van der Waals surface area contributed by atoms with E-state index < -0.39 is 29.5 Å². The van der Waals surface area contributed by atoms with Gasteiger partial charge < -0.3 is 19.8 Å². The summed E-state index contributed by atoms with van der Waals surface area (Å²) in [6, 6.07) is -0.887. The summed E-state index contributed by atoms with van der Waals surface area (Å²) in [6.45, 7) is 12.6. The summed E-state index contributed by atoms with van der Waals surface area (Å²) in [7, 11) is 0. The molecule has 8 nitrogen and oxygen atoms in total. The molecule has 1 heterocycles. The summed E-state index contributed by atoms with van der Waals surface area (Å²) in [5, 5.41) is 2.47. The first-order valence-electron chi connectivity index (χ1n) is 8.04. The van der Waals surface area contributed by atoms with Gasteiger partial charge in [0.05, 0.1) is 12.9 Å². The van der Waals surface area contributed by atoms with Gasteiger partial charge in [0.1, 0.15) is 11.6 Å². The summed E-state index contributed by atoms with van der Waals surface area (Å²) in [4.78, 5) is 42.8. The molecule has 0 unspecified atom stereocenters. The first kappa shape index (κ1) is 20.7. The van der Waals surface area contributed by atoms with Gasteiger partial charge in [-0.2, -0.15) is 0 Å². The Kier molecular flexibility index (Phi) is 6.34. The van der Waals surface area contributed by atoms with E-state index in [0.717, 1.165) is 0 Å². The number of aromatic amines is 1. The van der Waals surface area contributed by atoms with Crippen LogP contribution in [0.1, 0.15) is 69.4 Å². The number of nitrogens with zero attached hydrogens (tertiary/aromatic N) is 1. The quantitative estimate of drug-likeness (QED) is 0.784. The van der Waals surface area contributed by atoms with E-state index >= 15 is 0 Å². The van der Waals surface area contributed by atoms with Gasteiger partial charge in [0.2, 0.25) is 0 Å². The van der Waals surface area contributed by atoms with Crippen LogP contribution in [-0.2, 0) is 14.3 Å². The second-order valence-corrected chi connectivity index (χ2v) is 7.99. The topological polar surface area (TPSA) is 110 Å². The second-order valence-electron chi connectivity index (χ2n) is 7.99. The van der Waals surface area contributed by atoms with Crippen molar-refractivity contribution in [2.45, 2.75) is 60.1 Å². The van der Waals surface area contributed by atoms with Crippen molar-refractivity contribution in [1.82, 2.24) is 15.3 Å². The molecule has 0 fully saturated rings. The maximum Gasteiger partial charge on any atom is 0.357 e. The van der Waals surface area contributed by atoms with Crippen LogP contribution in [0.25, 0.3) is 0 Å². The van der Waals surface area contributed by atoms with Crippen LogP contribution in [0.2, 0.25) is 0 Å². The molecule has 0 aliphatic rings. The van der Waals surface area contributed by atoms with E-state index in [9.17, 15) is 14.4 Å². The molecule has 0 aromatic carbocycles. The Balaban J connectivity index is 2.76. The standard InChI is InChI=1S/C17H27N3O5/c1-10(14(22)25-17(5,6)7)20-13(21)11-12(19-9-18-11)15(23)24-8-16(2,3)4/h9-10H,8H2,1-7H3,(H,18,19)(H,20,21)/t10-/m0/s1. The van der Waals surface area contributed by atoms with E-state index in [1.165, 1.54) is 13.3 Å². The third-order valence-corrected chi connectivity index (χ3v) is 2.80. The Morgan fingerprint density at radius 2 is 1.80 bits per heavy atom. The zero-order valence-electron chi connectivity index (χ0n) is 15.9. The summed E-state index contributed by atoms with van der Waals surface area (Å²) in [5.74, 6) is -1.92. The number of H-pyrrole nitrogens is 1. The number of esters is 2. The second kappa shape index (κ2) is 7.67. The summed E-state index contributed by atoms with van der Waals surface area (Å²) >= 11 is 0. The fourth-order valence-corrected chi connectivity index (χ4v) is 1.69. The Morgan fingerprint density at radius 1 is 1.20 bits per heavy atom. The van der Waals surface area contributed by atoms with Gasteiger partial charge in [0, 0.05) is 0 Å². The van der Waals surface area contributed by atoms with Crippen molar-refractivity contribution in [1.29, 1.82) is 0 Å². The van der Waals surface area contributed by atoms with Crippen LogP contribution in [0.15, 0.2) is 6.33 Å². The fraction of sp³-hybridized carbons (Fsp3) is 0.647. The first-order chi connectivity index (χ1) is 11.3. The molecule has 0 bridgehead atoms. The number of nitrogens with one attached hydrogen (secondary N) is 2. The van der Waals surface area contributed by atoms with Crippen LogP contribution in [0.5, 0.6) is 0 Å². The van der Waals surface area contributed by atoms with Crippen LogP contribution >= 0.6 is 0 Å². The molecule has 25 heavy (non-hydrogen) atoms. The van der Waals surface area contributed by atoms with Gasteiger partial charge in [-0.1, -0.05) is 20.8 Å². The van der Waals surface area contributed by atoms with E-state index in [-0.39, 0.29) is 23.4 Å². The van der Waals surface area contributed by atoms with E-state index in [2.05, 4.69) is 15.3 Å². The molecule has 140 valence electrons. The number of carbonyl (C=O) groups is 3. The Labute approximate surface area is 147 Å². The van der Waals surface area contributed by atoms with Gasteiger partial charge in [0.25, 0.3) is 5.91 Å². The minimum absolute atomic E-state index is 0.0573. The highest BCUT2D eigenvalue weighted by atomic mass is 16.6. The highest BCUT2D eigenvalue weighted by Gasteiger charge is 2.27. The predicted octanol–water partition coefficient (Wildman–Crippen LogP) is 2.07. The van der Waals surface area contributed by atoms with E-state index in [4.69, 9.17) is 9.47 Å². The molecule has 1 aromatic rings. The monoisotopic (exact) mass is 353 g/mol. The van der Waals surface area contributed by atoms with E-state index in [1.807, 2.05) is 20.8 Å². The minimum Gasteiger partial charge on any atom is -0.460 e. The molecular formula is C17H27N3O5. The molecule has 0 aliphatic heterocycles. The molecule has 0 aliphatic carbocycles. The molecule has 0 radical (unpaired) electrons. The Morgan fingerprint density at radius 3 is 2.32 bits per heavy atom. The average molecular weight is 353 g/mol. The van der Waals surface area contributed by atoms with Gasteiger partial charge in [0.15, 0.2) is 11.4 Å². The Hall–Kier alpha value is -2.38. The molecule has 1 atom stereocenters. The van der Waals surface area contributed by atoms with Crippen molar-refractivity contribution in [3.63, 3.8) is 0 Å². The summed E-state index contributed by atoms with van der Waals surface area (Å²) in [5.41, 5.74) is -1.05. The number of hydrogen-bond donors (Lipinski definition) is 2. The number of rotatable bonds is 5. The van der Waals surface area contributed by atoms with E-state index in [1.54, 1.807) is 20.8 Å². The van der Waals surface area contributed by atoms with E-state index in [0.29, 0.717) is 0 Å². The van der Waals surface area contributed by atoms with Crippen LogP contribution in [0.4, 0.5) is 0 Å². The third kappa shape index (κ3) is 6.94. The van der Waals surface area contributed by atoms with Gasteiger partial charge in [-0.3, -0.25) is 4.79 Å². The van der Waals surface area contributed by atoms with Gasteiger partial charge in [-0.15, -0.1) is 0 Å². The number of hydrogen-bond acceptors (Lipinski definition) is 6. The number of amides is 1. The number of imidazole rings is 1. The molecule has 2 N–H and O–H groups in total. The highest BCUT2D eigenvalue weighted by Crippen LogP contribution is 2.15. The van der Waals surface area contributed by atoms with Crippen molar-refractivity contribution < 1.29 is 23.9 Å². The summed E-state index contributed by atoms with van der Waals surface area (Å²) < 4.78 is 10.4. The molecular weight excluding hydrogens is 326 g/mol. The molecule has 0 spiro atoms. The molecule has 1 aromatic heterocycles. The lowest BCUT2D eigenvalue weighted by Gasteiger charge is -2.22. The predicted molar refractivity (Wildman–Crippen MR) is 91.1 cm³/mol. The van der Waals surface area contributed by atoms with Gasteiger partial charge >= 0.3 is 11.9 Å². The minimum atomic E-state index is -0.887. The van der Waals surface area contributed by atoms with Crippen molar-refractivity contribution in [3.8, 4) is 0 Å². The lowest BCUT2D eigenvalue weighted by Crippen LogP contribution is -2.42. The van der Waals surface area contributed by atoms with Gasteiger partial charge in [-0.05, 0) is 33.1 Å². The lowest BCUT2D eigenvalue weighted by molar-refractivity contribution is -0.156. The normalized spacial score (nSPS) is 13.1. The SMILES string of the molecule is C[C@H](NC(=O)c1nc[nH]c1C(=O)OCC(C)(C)C)C(=O)OC(C)(C)C. The van der Waals surface area contributed by atoms with Crippen molar-refractivity contribution in [2.24, 2.45) is 5.41 Å². The van der Waals surface area contributed by atoms with Gasteiger partial charge in [-0.25, -0.2) is 14.6 Å². The number of aromatic nitrogens is 2. The van der Waals surface area contributed by atoms with Crippen molar-refractivity contribution >= 4 is 17.8 Å². The zero-order chi connectivity index (χ0) is 19.4. The Bertz CT molecular complexity index is 637. The van der Waals surface area contributed by atoms with Crippen LogP contribution < -0.4 is 5.32 Å². The maximum absolute atomic E-state index is 12.3. The maximum atomic E-state index is 12.3. The van der Waals surface area contributed by atoms with Crippen molar-refractivity contribution in [2.75, 3.05) is 6.61 Å². The van der Waals surface area contributed by atoms with Crippen LogP contribution in [0.3, 0.4) is 0 Å². The smallest absolute Gasteiger partial charge is 0.357 e. The van der Waals surface area contributed by atoms with Crippen molar-refractivity contribution in [3.05, 3.63) is 17.7 Å². The average Bonchev–Trinajstić information content (AvgIpc) is 2.91. The van der Waals surface area contributed by atoms with Crippen LogP contribution in [0, 0.1) is 5.41 Å². The fourth-order valence-electron chi connectivity index (χ4n) is 1.69.